The number of hydrogen-bond acceptors (Lipinski definition) is 2. The van der Waals surface area contributed by atoms with E-state index in [1.165, 1.54) is 5.57 Å². The number of fused-ring (bicyclic) bond motifs is 1. The van der Waals surface area contributed by atoms with Crippen molar-refractivity contribution in [3.63, 3.8) is 0 Å². The predicted molar refractivity (Wildman–Crippen MR) is 69.5 cm³/mol. The van der Waals surface area contributed by atoms with Gasteiger partial charge in [0, 0.05) is 11.8 Å². The summed E-state index contributed by atoms with van der Waals surface area (Å²) in [7, 11) is 0. The number of allylic oxidation sites excluding steroid dienone is 1. The highest BCUT2D eigenvalue weighted by Gasteiger charge is 2.42. The summed E-state index contributed by atoms with van der Waals surface area (Å²) in [5, 5.41) is 19.7. The van der Waals surface area contributed by atoms with Crippen LogP contribution in [0.3, 0.4) is 0 Å². The summed E-state index contributed by atoms with van der Waals surface area (Å²) in [5.74, 6) is 0.494. The van der Waals surface area contributed by atoms with E-state index >= 15 is 0 Å². The zero-order valence-electron chi connectivity index (χ0n) is 10.4. The first kappa shape index (κ1) is 12.6. The highest BCUT2D eigenvalue weighted by atomic mass is 16.3. The summed E-state index contributed by atoms with van der Waals surface area (Å²) in [4.78, 5) is 0. The van der Waals surface area contributed by atoms with E-state index in [0.29, 0.717) is 5.92 Å². The summed E-state index contributed by atoms with van der Waals surface area (Å²) in [6.07, 6.45) is 3.38. The third kappa shape index (κ3) is 2.12. The fourth-order valence-corrected chi connectivity index (χ4v) is 3.42. The number of aliphatic hydroxyl groups excluding tert-OH is 2. The van der Waals surface area contributed by atoms with Gasteiger partial charge in [0.1, 0.15) is 0 Å². The van der Waals surface area contributed by atoms with Crippen molar-refractivity contribution in [1.29, 1.82) is 0 Å². The van der Waals surface area contributed by atoms with Gasteiger partial charge in [-0.05, 0) is 37.2 Å². The molecule has 2 fully saturated rings. The van der Waals surface area contributed by atoms with Crippen LogP contribution in [0.5, 0.6) is 0 Å². The number of rotatable bonds is 2. The van der Waals surface area contributed by atoms with Crippen LogP contribution in [-0.2, 0) is 0 Å². The molecule has 2 aliphatic carbocycles. The smallest absolute Gasteiger partial charge is 0.0677 e. The minimum absolute atomic E-state index is 0.0124. The summed E-state index contributed by atoms with van der Waals surface area (Å²) < 4.78 is 0. The highest BCUT2D eigenvalue weighted by molar-refractivity contribution is 5.24. The monoisotopic (exact) mass is 234 g/mol. The Bertz CT molecular complexity index is 356. The Kier molecular flexibility index (Phi) is 3.55. The van der Waals surface area contributed by atoms with E-state index in [9.17, 15) is 10.2 Å². The normalized spacial score (nSPS) is 37.8. The maximum Gasteiger partial charge on any atom is 0.0677 e. The Morgan fingerprint density at radius 2 is 1.82 bits per heavy atom. The van der Waals surface area contributed by atoms with Crippen LogP contribution in [-0.4, -0.2) is 22.9 Å². The maximum atomic E-state index is 10.5. The van der Waals surface area contributed by atoms with Crippen molar-refractivity contribution in [2.45, 2.75) is 31.8 Å². The van der Waals surface area contributed by atoms with Gasteiger partial charge in [0.25, 0.3) is 0 Å². The molecule has 0 saturated heterocycles. The Morgan fingerprint density at radius 3 is 2.47 bits per heavy atom. The average Bonchev–Trinajstić information content (AvgIpc) is 2.64. The van der Waals surface area contributed by atoms with E-state index in [1.54, 1.807) is 0 Å². The van der Waals surface area contributed by atoms with E-state index in [4.69, 9.17) is 0 Å². The minimum atomic E-state index is -0.450. The van der Waals surface area contributed by atoms with E-state index in [0.717, 1.165) is 36.8 Å². The molecule has 2 nitrogen and oxygen atoms in total. The number of hydrogen-bond donors (Lipinski definition) is 2. The second-order valence-corrected chi connectivity index (χ2v) is 5.44. The summed E-state index contributed by atoms with van der Waals surface area (Å²) in [6.45, 7) is 12.1. The van der Waals surface area contributed by atoms with Crippen LogP contribution in [0.15, 0.2) is 36.5 Å². The second-order valence-electron chi connectivity index (χ2n) is 5.44. The van der Waals surface area contributed by atoms with Crippen molar-refractivity contribution in [2.24, 2.45) is 17.8 Å². The van der Waals surface area contributed by atoms with Crippen molar-refractivity contribution in [1.82, 2.24) is 0 Å². The highest BCUT2D eigenvalue weighted by Crippen LogP contribution is 2.48. The largest absolute Gasteiger partial charge is 0.392 e. The maximum absolute atomic E-state index is 10.5. The van der Waals surface area contributed by atoms with E-state index in [2.05, 4.69) is 19.7 Å². The van der Waals surface area contributed by atoms with E-state index < -0.39 is 6.10 Å². The van der Waals surface area contributed by atoms with Crippen LogP contribution in [0.4, 0.5) is 0 Å². The molecule has 2 N–H and O–H groups in total. The molecule has 0 aromatic carbocycles. The third-order valence-corrected chi connectivity index (χ3v) is 4.49. The second kappa shape index (κ2) is 4.79. The van der Waals surface area contributed by atoms with Gasteiger partial charge in [-0.1, -0.05) is 30.9 Å². The van der Waals surface area contributed by atoms with Gasteiger partial charge in [-0.3, -0.25) is 0 Å². The first-order valence-corrected chi connectivity index (χ1v) is 6.38. The summed E-state index contributed by atoms with van der Waals surface area (Å²) in [5.41, 5.74) is 3.12. The van der Waals surface area contributed by atoms with Crippen LogP contribution >= 0.6 is 0 Å². The third-order valence-electron chi connectivity index (χ3n) is 4.49. The minimum Gasteiger partial charge on any atom is -0.392 e. The summed E-state index contributed by atoms with van der Waals surface area (Å²) >= 11 is 0. The lowest BCUT2D eigenvalue weighted by atomic mass is 9.80. The molecule has 2 heteroatoms. The molecule has 0 heterocycles. The molecule has 0 unspecified atom stereocenters. The quantitative estimate of drug-likeness (QED) is 0.720. The number of aliphatic hydroxyl groups is 2. The lowest BCUT2D eigenvalue weighted by Gasteiger charge is -2.29. The molecule has 94 valence electrons. The summed E-state index contributed by atoms with van der Waals surface area (Å²) in [6, 6.07) is 0. The molecule has 2 saturated carbocycles. The molecular weight excluding hydrogens is 212 g/mol. The first-order valence-electron chi connectivity index (χ1n) is 6.38. The van der Waals surface area contributed by atoms with Gasteiger partial charge in [0.15, 0.2) is 0 Å². The molecular formula is C15H22O2. The van der Waals surface area contributed by atoms with Crippen molar-refractivity contribution in [3.8, 4) is 0 Å². The van der Waals surface area contributed by atoms with Crippen LogP contribution in [0.1, 0.15) is 25.7 Å². The fraction of sp³-hybridized carbons (Fsp3) is 0.600. The standard InChI is InChI=1S/C15H22O2/c1-9-4-7-13(11(3)8-16)15(17)14-10(2)5-6-12(9)14/h12-17H,1-8H2/t12-,13-,14-,15-/m0/s1. The van der Waals surface area contributed by atoms with E-state index in [1.807, 2.05) is 0 Å². The van der Waals surface area contributed by atoms with Gasteiger partial charge in [-0.15, -0.1) is 0 Å². The Balaban J connectivity index is 2.28. The van der Waals surface area contributed by atoms with Crippen molar-refractivity contribution in [2.75, 3.05) is 6.61 Å². The van der Waals surface area contributed by atoms with Gasteiger partial charge < -0.3 is 10.2 Å². The molecule has 2 aliphatic rings. The molecule has 2 rings (SSSR count). The first-order chi connectivity index (χ1) is 8.06. The molecule has 0 bridgehead atoms. The van der Waals surface area contributed by atoms with Crippen molar-refractivity contribution < 1.29 is 10.2 Å². The molecule has 4 atom stereocenters. The SMILES string of the molecule is C=C1CC[C@H]2C(=C)CC[C@@H](C(=C)CO)[C@H](O)[C@@H]12. The van der Waals surface area contributed by atoms with Crippen LogP contribution in [0, 0.1) is 17.8 Å². The Morgan fingerprint density at radius 1 is 1.18 bits per heavy atom. The molecule has 0 spiro atoms. The van der Waals surface area contributed by atoms with E-state index in [-0.39, 0.29) is 18.4 Å². The molecule has 0 aromatic heterocycles. The van der Waals surface area contributed by atoms with Gasteiger partial charge in [-0.2, -0.15) is 0 Å². The molecule has 0 aliphatic heterocycles. The fourth-order valence-electron chi connectivity index (χ4n) is 3.42. The average molecular weight is 234 g/mol. The molecule has 0 amide bonds. The van der Waals surface area contributed by atoms with Gasteiger partial charge in [0.05, 0.1) is 12.7 Å². The molecule has 0 aromatic rings. The van der Waals surface area contributed by atoms with Gasteiger partial charge >= 0.3 is 0 Å². The van der Waals surface area contributed by atoms with Gasteiger partial charge in [0.2, 0.25) is 0 Å². The lowest BCUT2D eigenvalue weighted by molar-refractivity contribution is 0.0691. The van der Waals surface area contributed by atoms with Crippen LogP contribution in [0.25, 0.3) is 0 Å². The van der Waals surface area contributed by atoms with Crippen LogP contribution < -0.4 is 0 Å². The topological polar surface area (TPSA) is 40.5 Å². The van der Waals surface area contributed by atoms with Crippen molar-refractivity contribution in [3.05, 3.63) is 36.5 Å². The van der Waals surface area contributed by atoms with Crippen LogP contribution in [0.2, 0.25) is 0 Å². The zero-order chi connectivity index (χ0) is 12.6. The zero-order valence-corrected chi connectivity index (χ0v) is 10.4. The van der Waals surface area contributed by atoms with Gasteiger partial charge in [-0.25, -0.2) is 0 Å². The Labute approximate surface area is 103 Å². The lowest BCUT2D eigenvalue weighted by Crippen LogP contribution is -2.32. The Hall–Kier alpha value is -0.860. The molecule has 0 radical (unpaired) electrons. The predicted octanol–water partition coefficient (Wildman–Crippen LogP) is 2.44. The van der Waals surface area contributed by atoms with Crippen molar-refractivity contribution >= 4 is 0 Å². The molecule has 17 heavy (non-hydrogen) atoms.